The van der Waals surface area contributed by atoms with Gasteiger partial charge in [0.05, 0.1) is 12.3 Å². The molecule has 0 bridgehead atoms. The smallest absolute Gasteiger partial charge is 0.215 e. The topological polar surface area (TPSA) is 40.6 Å². The zero-order valence-corrected chi connectivity index (χ0v) is 10.1. The SMILES string of the molecule is C#CCN1CCN(S(=O)(=O)CCCl)CC1. The van der Waals surface area contributed by atoms with E-state index >= 15 is 0 Å². The quantitative estimate of drug-likeness (QED) is 0.513. The Hall–Kier alpha value is -0.280. The van der Waals surface area contributed by atoms with E-state index < -0.39 is 10.0 Å². The molecule has 0 spiro atoms. The first-order valence-electron chi connectivity index (χ1n) is 4.80. The van der Waals surface area contributed by atoms with E-state index in [1.54, 1.807) is 0 Å². The lowest BCUT2D eigenvalue weighted by Crippen LogP contribution is -2.49. The Bertz CT molecular complexity index is 329. The highest BCUT2D eigenvalue weighted by Crippen LogP contribution is 2.07. The molecule has 1 aliphatic heterocycles. The first kappa shape index (κ1) is 12.8. The van der Waals surface area contributed by atoms with Crippen LogP contribution in [-0.4, -0.2) is 62.0 Å². The molecule has 0 aromatic carbocycles. The Labute approximate surface area is 96.2 Å². The van der Waals surface area contributed by atoms with Crippen LogP contribution in [-0.2, 0) is 10.0 Å². The van der Waals surface area contributed by atoms with Crippen LogP contribution in [0.5, 0.6) is 0 Å². The number of halogens is 1. The van der Waals surface area contributed by atoms with Gasteiger partial charge in [0, 0.05) is 32.1 Å². The van der Waals surface area contributed by atoms with Gasteiger partial charge in [-0.1, -0.05) is 5.92 Å². The summed E-state index contributed by atoms with van der Waals surface area (Å²) in [6.07, 6.45) is 5.19. The van der Waals surface area contributed by atoms with Crippen LogP contribution in [0.2, 0.25) is 0 Å². The van der Waals surface area contributed by atoms with Crippen molar-refractivity contribution in [2.24, 2.45) is 0 Å². The molecule has 0 unspecified atom stereocenters. The van der Waals surface area contributed by atoms with E-state index in [1.807, 2.05) is 0 Å². The molecule has 6 heteroatoms. The molecule has 1 rings (SSSR count). The predicted molar refractivity (Wildman–Crippen MR) is 61.4 cm³/mol. The van der Waals surface area contributed by atoms with Crippen LogP contribution in [0.15, 0.2) is 0 Å². The minimum Gasteiger partial charge on any atom is -0.290 e. The molecule has 15 heavy (non-hydrogen) atoms. The molecule has 86 valence electrons. The van der Waals surface area contributed by atoms with Crippen LogP contribution >= 0.6 is 11.6 Å². The van der Waals surface area contributed by atoms with Crippen molar-refractivity contribution in [3.8, 4) is 12.3 Å². The second-order valence-electron chi connectivity index (χ2n) is 3.38. The molecule has 0 aromatic heterocycles. The van der Waals surface area contributed by atoms with Gasteiger partial charge in [0.2, 0.25) is 10.0 Å². The van der Waals surface area contributed by atoms with Gasteiger partial charge in [-0.2, -0.15) is 4.31 Å². The van der Waals surface area contributed by atoms with Gasteiger partial charge < -0.3 is 0 Å². The summed E-state index contributed by atoms with van der Waals surface area (Å²) in [5.74, 6) is 2.72. The van der Waals surface area contributed by atoms with Crippen molar-refractivity contribution in [1.82, 2.24) is 9.21 Å². The van der Waals surface area contributed by atoms with Crippen molar-refractivity contribution in [2.75, 3.05) is 44.4 Å². The summed E-state index contributed by atoms with van der Waals surface area (Å²) in [5, 5.41) is 0. The lowest BCUT2D eigenvalue weighted by molar-refractivity contribution is 0.207. The molecule has 0 amide bonds. The van der Waals surface area contributed by atoms with Crippen molar-refractivity contribution in [1.29, 1.82) is 0 Å². The van der Waals surface area contributed by atoms with Crippen LogP contribution in [0.3, 0.4) is 0 Å². The average Bonchev–Trinajstić information content (AvgIpc) is 2.19. The maximum Gasteiger partial charge on any atom is 0.215 e. The highest BCUT2D eigenvalue weighted by molar-refractivity contribution is 7.89. The van der Waals surface area contributed by atoms with E-state index in [0.29, 0.717) is 32.7 Å². The number of terminal acetylenes is 1. The van der Waals surface area contributed by atoms with Crippen LogP contribution in [0.4, 0.5) is 0 Å². The van der Waals surface area contributed by atoms with Crippen LogP contribution in [0, 0.1) is 12.3 Å². The molecule has 0 saturated carbocycles. The monoisotopic (exact) mass is 250 g/mol. The van der Waals surface area contributed by atoms with E-state index in [0.717, 1.165) is 0 Å². The number of sulfonamides is 1. The first-order chi connectivity index (χ1) is 7.10. The van der Waals surface area contributed by atoms with Gasteiger partial charge in [-0.05, 0) is 0 Å². The maximum atomic E-state index is 11.6. The highest BCUT2D eigenvalue weighted by atomic mass is 35.5. The third kappa shape index (κ3) is 3.65. The Morgan fingerprint density at radius 2 is 1.87 bits per heavy atom. The van der Waals surface area contributed by atoms with Crippen molar-refractivity contribution in [3.05, 3.63) is 0 Å². The van der Waals surface area contributed by atoms with Crippen molar-refractivity contribution in [3.63, 3.8) is 0 Å². The summed E-state index contributed by atoms with van der Waals surface area (Å²) >= 11 is 5.44. The summed E-state index contributed by atoms with van der Waals surface area (Å²) in [4.78, 5) is 2.06. The Morgan fingerprint density at radius 1 is 1.27 bits per heavy atom. The van der Waals surface area contributed by atoms with E-state index in [2.05, 4.69) is 10.8 Å². The normalized spacial score (nSPS) is 20.0. The lowest BCUT2D eigenvalue weighted by Gasteiger charge is -2.32. The van der Waals surface area contributed by atoms with Crippen molar-refractivity contribution >= 4 is 21.6 Å². The third-order valence-corrected chi connectivity index (χ3v) is 4.66. The van der Waals surface area contributed by atoms with Crippen LogP contribution < -0.4 is 0 Å². The maximum absolute atomic E-state index is 11.6. The molecule has 4 nitrogen and oxygen atoms in total. The molecule has 1 fully saturated rings. The predicted octanol–water partition coefficient (Wildman–Crippen LogP) is -0.194. The van der Waals surface area contributed by atoms with Crippen molar-refractivity contribution in [2.45, 2.75) is 0 Å². The summed E-state index contributed by atoms with van der Waals surface area (Å²) in [6, 6.07) is 0. The standard InChI is InChI=1S/C9H15ClN2O2S/c1-2-4-11-5-7-12(8-6-11)15(13,14)9-3-10/h1H,3-9H2. The highest BCUT2D eigenvalue weighted by Gasteiger charge is 2.25. The van der Waals surface area contributed by atoms with Gasteiger partial charge in [0.1, 0.15) is 0 Å². The fourth-order valence-corrected chi connectivity index (χ4v) is 3.28. The van der Waals surface area contributed by atoms with Gasteiger partial charge in [-0.25, -0.2) is 8.42 Å². The zero-order chi connectivity index (χ0) is 11.3. The number of hydrogen-bond acceptors (Lipinski definition) is 3. The van der Waals surface area contributed by atoms with Gasteiger partial charge in [-0.15, -0.1) is 18.0 Å². The number of alkyl halides is 1. The minimum atomic E-state index is -3.15. The molecule has 1 heterocycles. The summed E-state index contributed by atoms with van der Waals surface area (Å²) in [6.45, 7) is 3.02. The van der Waals surface area contributed by atoms with Gasteiger partial charge >= 0.3 is 0 Å². The number of rotatable bonds is 4. The average molecular weight is 251 g/mol. The first-order valence-corrected chi connectivity index (χ1v) is 6.94. The van der Waals surface area contributed by atoms with E-state index in [9.17, 15) is 8.42 Å². The Morgan fingerprint density at radius 3 is 2.33 bits per heavy atom. The molecular formula is C9H15ClN2O2S. The van der Waals surface area contributed by atoms with Gasteiger partial charge in [-0.3, -0.25) is 4.90 Å². The fraction of sp³-hybridized carbons (Fsp3) is 0.778. The van der Waals surface area contributed by atoms with Crippen LogP contribution in [0.1, 0.15) is 0 Å². The van der Waals surface area contributed by atoms with E-state index in [1.165, 1.54) is 4.31 Å². The minimum absolute atomic E-state index is 0.0176. The number of hydrogen-bond donors (Lipinski definition) is 0. The van der Waals surface area contributed by atoms with Crippen molar-refractivity contribution < 1.29 is 8.42 Å². The molecule has 0 atom stereocenters. The summed E-state index contributed by atoms with van der Waals surface area (Å²) < 4.78 is 24.8. The van der Waals surface area contributed by atoms with Gasteiger partial charge in [0.25, 0.3) is 0 Å². The molecular weight excluding hydrogens is 236 g/mol. The molecule has 1 saturated heterocycles. The molecule has 0 N–H and O–H groups in total. The van der Waals surface area contributed by atoms with E-state index in [-0.39, 0.29) is 11.6 Å². The molecule has 0 aromatic rings. The fourth-order valence-electron chi connectivity index (χ4n) is 1.52. The molecule has 0 aliphatic carbocycles. The third-order valence-electron chi connectivity index (χ3n) is 2.37. The second kappa shape index (κ2) is 5.71. The van der Waals surface area contributed by atoms with E-state index in [4.69, 9.17) is 18.0 Å². The largest absolute Gasteiger partial charge is 0.290 e. The Balaban J connectivity index is 2.47. The second-order valence-corrected chi connectivity index (χ2v) is 5.85. The van der Waals surface area contributed by atoms with Gasteiger partial charge in [0.15, 0.2) is 0 Å². The van der Waals surface area contributed by atoms with Crippen LogP contribution in [0.25, 0.3) is 0 Å². The number of nitrogens with zero attached hydrogens (tertiary/aromatic N) is 2. The molecule has 1 aliphatic rings. The lowest BCUT2D eigenvalue weighted by atomic mass is 10.4. The zero-order valence-electron chi connectivity index (χ0n) is 8.52. The number of piperazine rings is 1. The summed E-state index contributed by atoms with van der Waals surface area (Å²) in [7, 11) is -3.15. The molecule has 0 radical (unpaired) electrons. The summed E-state index contributed by atoms with van der Waals surface area (Å²) in [5.41, 5.74) is 0. The Kier molecular flexibility index (Phi) is 4.87.